The largest absolute Gasteiger partial charge is 0.389 e. The van der Waals surface area contributed by atoms with Crippen LogP contribution in [0.1, 0.15) is 96.3 Å². The van der Waals surface area contributed by atoms with Gasteiger partial charge in [0.1, 0.15) is 0 Å². The molecule has 0 aromatic heterocycles. The summed E-state index contributed by atoms with van der Waals surface area (Å²) in [6.45, 7) is 2.49. The Kier molecular flexibility index (Phi) is 10.8. The van der Waals surface area contributed by atoms with Crippen LogP contribution in [-0.4, -0.2) is 65.3 Å². The molecular formula is C32H48N2O4. The molecule has 6 heteroatoms. The third-order valence-corrected chi connectivity index (χ3v) is 9.26. The Bertz CT molecular complexity index is 909. The van der Waals surface area contributed by atoms with Crippen LogP contribution in [-0.2, 0) is 14.4 Å². The Morgan fingerprint density at radius 2 is 1.58 bits per heavy atom. The number of allylic oxidation sites excluding steroid dienone is 3. The monoisotopic (exact) mass is 524 g/mol. The SMILES string of the molecule is O=CN1CCCCCCCCCCC23CC4C(=O)N(CCC/C=C\C/C=C\C[C@@H](O)/C=C/2C(=O)C4CC1)C3. The van der Waals surface area contributed by atoms with Gasteiger partial charge in [-0.25, -0.2) is 0 Å². The first-order chi connectivity index (χ1) is 18.5. The van der Waals surface area contributed by atoms with Gasteiger partial charge in [0, 0.05) is 49.0 Å². The second-order valence-electron chi connectivity index (χ2n) is 12.0. The number of Topliss-reactive ketones (excluding diaryl/α,β-unsaturated/α-hetero) is 1. The average Bonchev–Trinajstić information content (AvgIpc) is 2.91. The van der Waals surface area contributed by atoms with Gasteiger partial charge < -0.3 is 14.9 Å². The van der Waals surface area contributed by atoms with Crippen molar-refractivity contribution in [3.8, 4) is 0 Å². The third kappa shape index (κ3) is 7.25. The fourth-order valence-electron chi connectivity index (χ4n) is 7.15. The van der Waals surface area contributed by atoms with E-state index in [1.54, 1.807) is 4.90 Å². The first-order valence-corrected chi connectivity index (χ1v) is 15.3. The Hall–Kier alpha value is -2.21. The fourth-order valence-corrected chi connectivity index (χ4v) is 7.15. The molecule has 3 unspecified atom stereocenters. The molecule has 38 heavy (non-hydrogen) atoms. The highest BCUT2D eigenvalue weighted by atomic mass is 16.3. The number of carbonyl (C=O) groups excluding carboxylic acids is 3. The van der Waals surface area contributed by atoms with E-state index in [0.29, 0.717) is 45.4 Å². The van der Waals surface area contributed by atoms with Gasteiger partial charge in [0.2, 0.25) is 12.3 Å². The minimum atomic E-state index is -0.722. The van der Waals surface area contributed by atoms with Crippen LogP contribution in [0.4, 0.5) is 0 Å². The van der Waals surface area contributed by atoms with Crippen LogP contribution in [0.3, 0.4) is 0 Å². The molecule has 0 aromatic carbocycles. The maximum Gasteiger partial charge on any atom is 0.226 e. The van der Waals surface area contributed by atoms with Crippen LogP contribution >= 0.6 is 0 Å². The Balaban J connectivity index is 1.71. The molecule has 1 spiro atoms. The molecule has 3 heterocycles. The van der Waals surface area contributed by atoms with Crippen molar-refractivity contribution in [3.05, 3.63) is 36.0 Å². The van der Waals surface area contributed by atoms with Crippen LogP contribution in [0.2, 0.25) is 0 Å². The zero-order chi connectivity index (χ0) is 26.8. The second-order valence-corrected chi connectivity index (χ2v) is 12.0. The molecule has 3 aliphatic heterocycles. The number of rotatable bonds is 1. The summed E-state index contributed by atoms with van der Waals surface area (Å²) < 4.78 is 0. The van der Waals surface area contributed by atoms with Crippen molar-refractivity contribution >= 4 is 18.1 Å². The van der Waals surface area contributed by atoms with Crippen molar-refractivity contribution < 1.29 is 19.5 Å². The van der Waals surface area contributed by atoms with Crippen molar-refractivity contribution in [2.24, 2.45) is 17.3 Å². The lowest BCUT2D eigenvalue weighted by Gasteiger charge is -2.53. The van der Waals surface area contributed by atoms with E-state index < -0.39 is 12.0 Å². The van der Waals surface area contributed by atoms with Gasteiger partial charge >= 0.3 is 0 Å². The topological polar surface area (TPSA) is 77.9 Å². The predicted molar refractivity (Wildman–Crippen MR) is 150 cm³/mol. The third-order valence-electron chi connectivity index (χ3n) is 9.26. The van der Waals surface area contributed by atoms with Crippen molar-refractivity contribution in [1.29, 1.82) is 0 Å². The van der Waals surface area contributed by atoms with Gasteiger partial charge in [-0.15, -0.1) is 0 Å². The molecule has 2 saturated heterocycles. The second kappa shape index (κ2) is 14.3. The van der Waals surface area contributed by atoms with E-state index in [0.717, 1.165) is 63.3 Å². The minimum absolute atomic E-state index is 0.0402. The number of carbonyl (C=O) groups is 3. The fraction of sp³-hybridized carbons (Fsp3) is 0.719. The number of amides is 2. The zero-order valence-electron chi connectivity index (χ0n) is 23.2. The Morgan fingerprint density at radius 3 is 2.37 bits per heavy atom. The van der Waals surface area contributed by atoms with Gasteiger partial charge in [-0.3, -0.25) is 14.4 Å². The van der Waals surface area contributed by atoms with Crippen molar-refractivity contribution in [1.82, 2.24) is 9.80 Å². The first kappa shape index (κ1) is 28.8. The molecule has 4 atom stereocenters. The molecule has 6 nitrogen and oxygen atoms in total. The van der Waals surface area contributed by atoms with Crippen molar-refractivity contribution in [3.63, 3.8) is 0 Å². The molecule has 1 aliphatic carbocycles. The lowest BCUT2D eigenvalue weighted by molar-refractivity contribution is -0.153. The van der Waals surface area contributed by atoms with Crippen molar-refractivity contribution in [2.45, 2.75) is 102 Å². The van der Waals surface area contributed by atoms with E-state index in [4.69, 9.17) is 0 Å². The molecule has 4 aliphatic rings. The standard InChI is InChI=1S/C32H48N2O4/c35-25-33-19-14-10-6-2-1-5-9-13-18-32-23-28-27(17-21-33)30(37)29(32)22-26(36)16-12-8-4-3-7-11-15-20-34(24-32)31(28)38/h3,7-8,12,22,25-28,36H,1-2,4-6,9-11,13-21,23-24H2/b7-3-,12-8-,29-22+/t26-,27?,28?,32?/m1/s1. The molecule has 4 bridgehead atoms. The van der Waals surface area contributed by atoms with E-state index in [1.165, 1.54) is 25.7 Å². The van der Waals surface area contributed by atoms with E-state index in [2.05, 4.69) is 18.2 Å². The lowest BCUT2D eigenvalue weighted by atomic mass is 9.56. The summed E-state index contributed by atoms with van der Waals surface area (Å²) in [4.78, 5) is 43.7. The van der Waals surface area contributed by atoms with E-state index in [9.17, 15) is 19.5 Å². The number of fused-ring (bicyclic) bond motifs is 4. The molecule has 1 N–H and O–H groups in total. The van der Waals surface area contributed by atoms with Gasteiger partial charge in [-0.2, -0.15) is 0 Å². The van der Waals surface area contributed by atoms with E-state index in [-0.39, 0.29) is 23.0 Å². The van der Waals surface area contributed by atoms with E-state index >= 15 is 0 Å². The van der Waals surface area contributed by atoms with Crippen LogP contribution in [0.5, 0.6) is 0 Å². The lowest BCUT2D eigenvalue weighted by Crippen LogP contribution is -2.59. The van der Waals surface area contributed by atoms with Crippen LogP contribution in [0.15, 0.2) is 36.0 Å². The van der Waals surface area contributed by atoms with Crippen LogP contribution in [0.25, 0.3) is 0 Å². The summed E-state index contributed by atoms with van der Waals surface area (Å²) in [5.74, 6) is -0.607. The number of ketones is 1. The maximum absolute atomic E-state index is 14.2. The van der Waals surface area contributed by atoms with Gasteiger partial charge in [0.15, 0.2) is 5.78 Å². The molecule has 4 rings (SSSR count). The van der Waals surface area contributed by atoms with Gasteiger partial charge in [0.05, 0.1) is 6.10 Å². The summed E-state index contributed by atoms with van der Waals surface area (Å²) in [5.41, 5.74) is 0.373. The van der Waals surface area contributed by atoms with Crippen molar-refractivity contribution in [2.75, 3.05) is 26.2 Å². The number of hydrogen-bond donors (Lipinski definition) is 1. The molecule has 2 amide bonds. The summed E-state index contributed by atoms with van der Waals surface area (Å²) >= 11 is 0. The highest BCUT2D eigenvalue weighted by molar-refractivity contribution is 6.03. The van der Waals surface area contributed by atoms with Gasteiger partial charge in [-0.05, 0) is 57.4 Å². The summed E-state index contributed by atoms with van der Waals surface area (Å²) in [6, 6.07) is 0. The smallest absolute Gasteiger partial charge is 0.226 e. The maximum atomic E-state index is 14.2. The number of hydrogen-bond acceptors (Lipinski definition) is 4. The number of piperidine rings is 1. The van der Waals surface area contributed by atoms with Gasteiger partial charge in [-0.1, -0.05) is 69.2 Å². The quantitative estimate of drug-likeness (QED) is 0.370. The van der Waals surface area contributed by atoms with Gasteiger partial charge in [0.25, 0.3) is 0 Å². The summed E-state index contributed by atoms with van der Waals surface area (Å²) in [5, 5.41) is 11.0. The highest BCUT2D eigenvalue weighted by Crippen LogP contribution is 2.52. The highest BCUT2D eigenvalue weighted by Gasteiger charge is 2.56. The molecular weight excluding hydrogens is 476 g/mol. The summed E-state index contributed by atoms with van der Waals surface area (Å²) in [6.07, 6.45) is 24.8. The molecule has 0 aromatic rings. The minimum Gasteiger partial charge on any atom is -0.389 e. The Labute approximate surface area is 229 Å². The molecule has 1 saturated carbocycles. The number of nitrogens with zero attached hydrogens (tertiary/aromatic N) is 2. The Morgan fingerprint density at radius 1 is 0.842 bits per heavy atom. The molecule has 210 valence electrons. The molecule has 3 fully saturated rings. The first-order valence-electron chi connectivity index (χ1n) is 15.3. The van der Waals surface area contributed by atoms with Crippen LogP contribution in [0, 0.1) is 17.3 Å². The zero-order valence-corrected chi connectivity index (χ0v) is 23.2. The predicted octanol–water partition coefficient (Wildman–Crippen LogP) is 5.37. The van der Waals surface area contributed by atoms with E-state index in [1.807, 2.05) is 17.1 Å². The number of aliphatic hydroxyl groups is 1. The average molecular weight is 525 g/mol. The van der Waals surface area contributed by atoms with Crippen LogP contribution < -0.4 is 0 Å². The molecule has 0 radical (unpaired) electrons. The summed E-state index contributed by atoms with van der Waals surface area (Å²) in [7, 11) is 0. The normalized spacial score (nSPS) is 35.9. The number of aliphatic hydroxyl groups excluding tert-OH is 1.